The van der Waals surface area contributed by atoms with Gasteiger partial charge in [0.25, 0.3) is 5.91 Å². The van der Waals surface area contributed by atoms with Crippen LogP contribution >= 0.6 is 0 Å². The van der Waals surface area contributed by atoms with Crippen molar-refractivity contribution in [3.63, 3.8) is 0 Å². The van der Waals surface area contributed by atoms with Crippen LogP contribution in [0.15, 0.2) is 42.5 Å². The first kappa shape index (κ1) is 14.0. The number of nitrogens with one attached hydrogen (secondary N) is 1. The maximum absolute atomic E-state index is 13.5. The highest BCUT2D eigenvalue weighted by Gasteiger charge is 2.11. The van der Waals surface area contributed by atoms with Gasteiger partial charge in [0.15, 0.2) is 0 Å². The van der Waals surface area contributed by atoms with Gasteiger partial charge in [-0.1, -0.05) is 24.3 Å². The van der Waals surface area contributed by atoms with E-state index < -0.39 is 11.7 Å². The highest BCUT2D eigenvalue weighted by molar-refractivity contribution is 5.95. The molecule has 4 N–H and O–H groups in total. The van der Waals surface area contributed by atoms with Crippen molar-refractivity contribution in [3.8, 4) is 0 Å². The minimum atomic E-state index is -0.604. The molecule has 0 aliphatic heterocycles. The van der Waals surface area contributed by atoms with E-state index in [1.807, 2.05) is 0 Å². The second-order valence-electron chi connectivity index (χ2n) is 4.40. The largest absolute Gasteiger partial charge is 0.399 e. The number of amides is 1. The van der Waals surface area contributed by atoms with Gasteiger partial charge in [-0.25, -0.2) is 4.39 Å². The van der Waals surface area contributed by atoms with Gasteiger partial charge in [0.05, 0.1) is 12.2 Å². The molecule has 0 fully saturated rings. The summed E-state index contributed by atoms with van der Waals surface area (Å²) < 4.78 is 13.5. The van der Waals surface area contributed by atoms with Crippen LogP contribution in [-0.2, 0) is 13.2 Å². The fraction of sp³-hybridized carbons (Fsp3) is 0.133. The Morgan fingerprint density at radius 1 is 1.15 bits per heavy atom. The average Bonchev–Trinajstić information content (AvgIpc) is 2.47. The molecule has 0 saturated heterocycles. The van der Waals surface area contributed by atoms with E-state index in [4.69, 9.17) is 10.8 Å². The fourth-order valence-corrected chi connectivity index (χ4v) is 1.76. The molecule has 0 radical (unpaired) electrons. The Balaban J connectivity index is 2.02. The molecule has 104 valence electrons. The molecule has 1 amide bonds. The maximum Gasteiger partial charge on any atom is 0.254 e. The smallest absolute Gasteiger partial charge is 0.254 e. The van der Waals surface area contributed by atoms with E-state index >= 15 is 0 Å². The third-order valence-electron chi connectivity index (χ3n) is 2.89. The molecular formula is C15H15FN2O2. The monoisotopic (exact) mass is 274 g/mol. The second-order valence-corrected chi connectivity index (χ2v) is 4.40. The summed E-state index contributed by atoms with van der Waals surface area (Å²) >= 11 is 0. The SMILES string of the molecule is Nc1ccc(F)c(C(=O)NCc2ccc(CO)cc2)c1. The number of hydrogen-bond acceptors (Lipinski definition) is 3. The van der Waals surface area contributed by atoms with Crippen molar-refractivity contribution in [2.75, 3.05) is 5.73 Å². The average molecular weight is 274 g/mol. The summed E-state index contributed by atoms with van der Waals surface area (Å²) in [4.78, 5) is 11.9. The summed E-state index contributed by atoms with van der Waals surface area (Å²) in [6.07, 6.45) is 0. The van der Waals surface area contributed by atoms with Gasteiger partial charge in [-0.15, -0.1) is 0 Å². The number of rotatable bonds is 4. The number of aliphatic hydroxyl groups is 1. The molecule has 5 heteroatoms. The summed E-state index contributed by atoms with van der Waals surface area (Å²) in [5.41, 5.74) is 7.45. The van der Waals surface area contributed by atoms with Gasteiger partial charge in [-0.05, 0) is 29.3 Å². The molecule has 0 saturated carbocycles. The molecule has 0 aliphatic carbocycles. The third kappa shape index (κ3) is 3.33. The summed E-state index contributed by atoms with van der Waals surface area (Å²) in [5, 5.41) is 11.6. The first-order valence-electron chi connectivity index (χ1n) is 6.12. The number of carbonyl (C=O) groups is 1. The van der Waals surface area contributed by atoms with Gasteiger partial charge in [0.2, 0.25) is 0 Å². The number of halogens is 1. The Bertz CT molecular complexity index is 612. The van der Waals surface area contributed by atoms with Crippen molar-refractivity contribution in [2.24, 2.45) is 0 Å². The number of anilines is 1. The predicted octanol–water partition coefficient (Wildman–Crippen LogP) is 1.83. The van der Waals surface area contributed by atoms with Crippen LogP contribution in [0.1, 0.15) is 21.5 Å². The standard InChI is InChI=1S/C15H15FN2O2/c16-14-6-5-12(17)7-13(14)15(20)18-8-10-1-3-11(9-19)4-2-10/h1-7,19H,8-9,17H2,(H,18,20). The van der Waals surface area contributed by atoms with E-state index in [9.17, 15) is 9.18 Å². The van der Waals surface area contributed by atoms with Crippen LogP contribution in [0, 0.1) is 5.82 Å². The maximum atomic E-state index is 13.5. The summed E-state index contributed by atoms with van der Waals surface area (Å²) in [6, 6.07) is 11.0. The normalized spacial score (nSPS) is 10.3. The molecule has 0 bridgehead atoms. The van der Waals surface area contributed by atoms with Gasteiger partial charge < -0.3 is 16.2 Å². The van der Waals surface area contributed by atoms with Crippen LogP contribution in [0.5, 0.6) is 0 Å². The van der Waals surface area contributed by atoms with Crippen molar-refractivity contribution in [2.45, 2.75) is 13.2 Å². The van der Waals surface area contributed by atoms with E-state index in [2.05, 4.69) is 5.32 Å². The van der Waals surface area contributed by atoms with Gasteiger partial charge in [-0.2, -0.15) is 0 Å². The van der Waals surface area contributed by atoms with Crippen molar-refractivity contribution in [3.05, 3.63) is 65.0 Å². The second kappa shape index (κ2) is 6.16. The van der Waals surface area contributed by atoms with Crippen LogP contribution in [0.4, 0.5) is 10.1 Å². The lowest BCUT2D eigenvalue weighted by Gasteiger charge is -2.07. The quantitative estimate of drug-likeness (QED) is 0.744. The van der Waals surface area contributed by atoms with E-state index in [0.717, 1.165) is 11.1 Å². The van der Waals surface area contributed by atoms with Crippen molar-refractivity contribution in [1.82, 2.24) is 5.32 Å². The van der Waals surface area contributed by atoms with Crippen LogP contribution < -0.4 is 11.1 Å². The summed E-state index contributed by atoms with van der Waals surface area (Å²) in [7, 11) is 0. The van der Waals surface area contributed by atoms with Gasteiger partial charge in [0, 0.05) is 12.2 Å². The van der Waals surface area contributed by atoms with Crippen LogP contribution in [0.3, 0.4) is 0 Å². The molecule has 4 nitrogen and oxygen atoms in total. The lowest BCUT2D eigenvalue weighted by atomic mass is 10.1. The Hall–Kier alpha value is -2.40. The van der Waals surface area contributed by atoms with Crippen molar-refractivity contribution >= 4 is 11.6 Å². The molecule has 20 heavy (non-hydrogen) atoms. The molecule has 0 heterocycles. The zero-order valence-electron chi connectivity index (χ0n) is 10.8. The molecule has 2 aromatic carbocycles. The van der Waals surface area contributed by atoms with Crippen LogP contribution in [-0.4, -0.2) is 11.0 Å². The fourth-order valence-electron chi connectivity index (χ4n) is 1.76. The molecule has 0 spiro atoms. The Morgan fingerprint density at radius 3 is 2.45 bits per heavy atom. The van der Waals surface area contributed by atoms with E-state index in [1.54, 1.807) is 24.3 Å². The molecular weight excluding hydrogens is 259 g/mol. The summed E-state index contributed by atoms with van der Waals surface area (Å²) in [6.45, 7) is 0.250. The topological polar surface area (TPSA) is 75.4 Å². The molecule has 0 aromatic heterocycles. The number of nitrogen functional groups attached to an aromatic ring is 1. The lowest BCUT2D eigenvalue weighted by Crippen LogP contribution is -2.24. The van der Waals surface area contributed by atoms with E-state index in [-0.39, 0.29) is 18.7 Å². The van der Waals surface area contributed by atoms with Crippen LogP contribution in [0.2, 0.25) is 0 Å². The zero-order valence-corrected chi connectivity index (χ0v) is 10.8. The predicted molar refractivity (Wildman–Crippen MR) is 74.3 cm³/mol. The lowest BCUT2D eigenvalue weighted by molar-refractivity contribution is 0.0947. The minimum absolute atomic E-state index is 0.0266. The van der Waals surface area contributed by atoms with Crippen LogP contribution in [0.25, 0.3) is 0 Å². The molecule has 0 atom stereocenters. The Labute approximate surface area is 116 Å². The Morgan fingerprint density at radius 2 is 1.80 bits per heavy atom. The highest BCUT2D eigenvalue weighted by atomic mass is 19.1. The highest BCUT2D eigenvalue weighted by Crippen LogP contribution is 2.12. The van der Waals surface area contributed by atoms with Crippen molar-refractivity contribution < 1.29 is 14.3 Å². The minimum Gasteiger partial charge on any atom is -0.399 e. The van der Waals surface area contributed by atoms with Gasteiger partial charge >= 0.3 is 0 Å². The molecule has 0 unspecified atom stereocenters. The first-order valence-corrected chi connectivity index (χ1v) is 6.12. The van der Waals surface area contributed by atoms with Crippen molar-refractivity contribution in [1.29, 1.82) is 0 Å². The number of nitrogens with two attached hydrogens (primary N) is 1. The number of aliphatic hydroxyl groups excluding tert-OH is 1. The van der Waals surface area contributed by atoms with Gasteiger partial charge in [-0.3, -0.25) is 4.79 Å². The first-order chi connectivity index (χ1) is 9.60. The van der Waals surface area contributed by atoms with Gasteiger partial charge in [0.1, 0.15) is 5.82 Å². The number of benzene rings is 2. The van der Waals surface area contributed by atoms with E-state index in [1.165, 1.54) is 18.2 Å². The Kier molecular flexibility index (Phi) is 4.32. The summed E-state index contributed by atoms with van der Waals surface area (Å²) in [5.74, 6) is -1.12. The van der Waals surface area contributed by atoms with E-state index in [0.29, 0.717) is 5.69 Å². The number of carbonyl (C=O) groups excluding carboxylic acids is 1. The molecule has 0 aliphatic rings. The number of hydrogen-bond donors (Lipinski definition) is 3. The zero-order chi connectivity index (χ0) is 14.5. The molecule has 2 aromatic rings. The third-order valence-corrected chi connectivity index (χ3v) is 2.89. The molecule has 2 rings (SSSR count).